The molecule has 2 aromatic rings. The van der Waals surface area contributed by atoms with Gasteiger partial charge < -0.3 is 0 Å². The summed E-state index contributed by atoms with van der Waals surface area (Å²) in [5, 5.41) is 5.08. The number of hydrogen-bond donors (Lipinski definition) is 0. The van der Waals surface area contributed by atoms with Crippen LogP contribution in [0.15, 0.2) is 24.3 Å². The number of nitrogens with zero attached hydrogens (tertiary/aromatic N) is 2. The van der Waals surface area contributed by atoms with Gasteiger partial charge in [-0.15, -0.1) is 0 Å². The van der Waals surface area contributed by atoms with Gasteiger partial charge in [-0.25, -0.2) is 0 Å². The molecule has 0 aliphatic carbocycles. The summed E-state index contributed by atoms with van der Waals surface area (Å²) in [5.41, 5.74) is 1.55. The first-order chi connectivity index (χ1) is 7.20. The molecule has 0 aliphatic heterocycles. The summed E-state index contributed by atoms with van der Waals surface area (Å²) in [6.07, 6.45) is 0. The van der Waals surface area contributed by atoms with E-state index in [1.807, 2.05) is 45.2 Å². The Labute approximate surface area is 89.7 Å². The SMILES string of the molecule is CC.CC(=O)c1nn(C)c2ccccc12. The largest absolute Gasteiger partial charge is 0.293 e. The molecule has 0 unspecified atom stereocenters. The van der Waals surface area contributed by atoms with E-state index in [0.29, 0.717) is 5.69 Å². The number of para-hydroxylation sites is 1. The highest BCUT2D eigenvalue weighted by atomic mass is 16.1. The quantitative estimate of drug-likeness (QED) is 0.669. The van der Waals surface area contributed by atoms with Crippen LogP contribution in [0.4, 0.5) is 0 Å². The highest BCUT2D eigenvalue weighted by molar-refractivity contribution is 6.04. The van der Waals surface area contributed by atoms with Crippen LogP contribution in [-0.4, -0.2) is 15.6 Å². The molecule has 3 heteroatoms. The first-order valence-corrected chi connectivity index (χ1v) is 5.13. The van der Waals surface area contributed by atoms with Gasteiger partial charge in [0, 0.05) is 19.4 Å². The van der Waals surface area contributed by atoms with Crippen LogP contribution in [0.3, 0.4) is 0 Å². The van der Waals surface area contributed by atoms with E-state index in [1.165, 1.54) is 6.92 Å². The summed E-state index contributed by atoms with van der Waals surface area (Å²) < 4.78 is 1.73. The maximum atomic E-state index is 11.2. The number of carbonyl (C=O) groups excluding carboxylic acids is 1. The first-order valence-electron chi connectivity index (χ1n) is 5.13. The Balaban J connectivity index is 0.000000531. The first kappa shape index (κ1) is 11.4. The fourth-order valence-electron chi connectivity index (χ4n) is 1.47. The van der Waals surface area contributed by atoms with Gasteiger partial charge in [0.05, 0.1) is 5.52 Å². The molecule has 0 amide bonds. The van der Waals surface area contributed by atoms with Gasteiger partial charge in [-0.2, -0.15) is 5.10 Å². The Morgan fingerprint density at radius 3 is 2.47 bits per heavy atom. The number of aromatic nitrogens is 2. The van der Waals surface area contributed by atoms with Crippen molar-refractivity contribution in [1.82, 2.24) is 9.78 Å². The van der Waals surface area contributed by atoms with Crippen molar-refractivity contribution in [2.75, 3.05) is 0 Å². The van der Waals surface area contributed by atoms with Gasteiger partial charge in [0.1, 0.15) is 5.69 Å². The van der Waals surface area contributed by atoms with Crippen molar-refractivity contribution < 1.29 is 4.79 Å². The molecule has 2 rings (SSSR count). The highest BCUT2D eigenvalue weighted by Crippen LogP contribution is 2.17. The van der Waals surface area contributed by atoms with Gasteiger partial charge in [-0.1, -0.05) is 32.0 Å². The third-order valence-corrected chi connectivity index (χ3v) is 2.09. The van der Waals surface area contributed by atoms with Crippen LogP contribution in [0.5, 0.6) is 0 Å². The maximum Gasteiger partial charge on any atom is 0.180 e. The van der Waals surface area contributed by atoms with Gasteiger partial charge in [0.25, 0.3) is 0 Å². The van der Waals surface area contributed by atoms with E-state index in [9.17, 15) is 4.79 Å². The van der Waals surface area contributed by atoms with Gasteiger partial charge in [-0.3, -0.25) is 9.48 Å². The summed E-state index contributed by atoms with van der Waals surface area (Å²) in [7, 11) is 1.84. The maximum absolute atomic E-state index is 11.2. The normalized spacial score (nSPS) is 9.60. The lowest BCUT2D eigenvalue weighted by Gasteiger charge is -1.90. The van der Waals surface area contributed by atoms with Crippen molar-refractivity contribution in [3.63, 3.8) is 0 Å². The van der Waals surface area contributed by atoms with Crippen LogP contribution >= 0.6 is 0 Å². The molecular formula is C12H16N2O. The molecule has 0 N–H and O–H groups in total. The van der Waals surface area contributed by atoms with E-state index < -0.39 is 0 Å². The van der Waals surface area contributed by atoms with Crippen LogP contribution < -0.4 is 0 Å². The van der Waals surface area contributed by atoms with Crippen molar-refractivity contribution in [3.05, 3.63) is 30.0 Å². The zero-order chi connectivity index (χ0) is 11.4. The lowest BCUT2D eigenvalue weighted by molar-refractivity contribution is 0.101. The number of hydrogen-bond acceptors (Lipinski definition) is 2. The summed E-state index contributed by atoms with van der Waals surface area (Å²) in [6.45, 7) is 5.54. The van der Waals surface area contributed by atoms with E-state index in [4.69, 9.17) is 0 Å². The van der Waals surface area contributed by atoms with Crippen molar-refractivity contribution in [3.8, 4) is 0 Å². The van der Waals surface area contributed by atoms with Crippen LogP contribution in [0.25, 0.3) is 10.9 Å². The van der Waals surface area contributed by atoms with Gasteiger partial charge in [0.15, 0.2) is 5.78 Å². The van der Waals surface area contributed by atoms with Crippen LogP contribution in [0.1, 0.15) is 31.3 Å². The van der Waals surface area contributed by atoms with Gasteiger partial charge in [0.2, 0.25) is 0 Å². The second kappa shape index (κ2) is 4.73. The predicted octanol–water partition coefficient (Wildman–Crippen LogP) is 2.80. The van der Waals surface area contributed by atoms with E-state index in [-0.39, 0.29) is 5.78 Å². The van der Waals surface area contributed by atoms with Gasteiger partial charge >= 0.3 is 0 Å². The summed E-state index contributed by atoms with van der Waals surface area (Å²) in [5.74, 6) is 0.0109. The Kier molecular flexibility index (Phi) is 3.61. The Bertz CT molecular complexity index is 471. The zero-order valence-electron chi connectivity index (χ0n) is 9.61. The number of ketones is 1. The van der Waals surface area contributed by atoms with E-state index >= 15 is 0 Å². The van der Waals surface area contributed by atoms with E-state index in [0.717, 1.165) is 10.9 Å². The van der Waals surface area contributed by atoms with Gasteiger partial charge in [-0.05, 0) is 6.07 Å². The van der Waals surface area contributed by atoms with Crippen molar-refractivity contribution >= 4 is 16.7 Å². The number of rotatable bonds is 1. The Morgan fingerprint density at radius 2 is 1.87 bits per heavy atom. The molecule has 0 radical (unpaired) electrons. The van der Waals surface area contributed by atoms with Crippen molar-refractivity contribution in [1.29, 1.82) is 0 Å². The molecule has 1 aromatic heterocycles. The fraction of sp³-hybridized carbons (Fsp3) is 0.333. The molecule has 0 spiro atoms. The van der Waals surface area contributed by atoms with E-state index in [1.54, 1.807) is 4.68 Å². The lowest BCUT2D eigenvalue weighted by atomic mass is 10.2. The lowest BCUT2D eigenvalue weighted by Crippen LogP contribution is -1.95. The zero-order valence-corrected chi connectivity index (χ0v) is 9.61. The average molecular weight is 204 g/mol. The second-order valence-corrected chi connectivity index (χ2v) is 3.05. The molecule has 15 heavy (non-hydrogen) atoms. The molecule has 0 saturated heterocycles. The second-order valence-electron chi connectivity index (χ2n) is 3.05. The Hall–Kier alpha value is -1.64. The molecule has 1 aromatic carbocycles. The minimum atomic E-state index is 0.0109. The summed E-state index contributed by atoms with van der Waals surface area (Å²) >= 11 is 0. The van der Waals surface area contributed by atoms with E-state index in [2.05, 4.69) is 5.10 Å². The number of fused-ring (bicyclic) bond motifs is 1. The standard InChI is InChI=1S/C10H10N2O.C2H6/c1-7(13)10-8-5-3-4-6-9(8)12(2)11-10;1-2/h3-6H,1-2H3;1-2H3. The van der Waals surface area contributed by atoms with Crippen LogP contribution in [0.2, 0.25) is 0 Å². The summed E-state index contributed by atoms with van der Waals surface area (Å²) in [4.78, 5) is 11.2. The van der Waals surface area contributed by atoms with Crippen LogP contribution in [0, 0.1) is 0 Å². The number of carbonyl (C=O) groups is 1. The third kappa shape index (κ3) is 2.06. The average Bonchev–Trinajstić information content (AvgIpc) is 2.60. The predicted molar refractivity (Wildman–Crippen MR) is 62.1 cm³/mol. The molecule has 80 valence electrons. The topological polar surface area (TPSA) is 34.9 Å². The molecule has 0 atom stereocenters. The molecule has 0 aliphatic rings. The highest BCUT2D eigenvalue weighted by Gasteiger charge is 2.10. The summed E-state index contributed by atoms with van der Waals surface area (Å²) in [6, 6.07) is 7.72. The minimum Gasteiger partial charge on any atom is -0.293 e. The third-order valence-electron chi connectivity index (χ3n) is 2.09. The van der Waals surface area contributed by atoms with Crippen molar-refractivity contribution in [2.45, 2.75) is 20.8 Å². The monoisotopic (exact) mass is 204 g/mol. The molecular weight excluding hydrogens is 188 g/mol. The van der Waals surface area contributed by atoms with Crippen LogP contribution in [-0.2, 0) is 7.05 Å². The Morgan fingerprint density at radius 1 is 1.27 bits per heavy atom. The number of aryl methyl sites for hydroxylation is 1. The number of benzene rings is 1. The smallest absolute Gasteiger partial charge is 0.180 e. The molecule has 3 nitrogen and oxygen atoms in total. The van der Waals surface area contributed by atoms with Crippen molar-refractivity contribution in [2.24, 2.45) is 7.05 Å². The molecule has 0 saturated carbocycles. The number of Topliss-reactive ketones (excluding diaryl/α,β-unsaturated/α-hetero) is 1. The molecule has 0 fully saturated rings. The fourth-order valence-corrected chi connectivity index (χ4v) is 1.47. The minimum absolute atomic E-state index is 0.0109. The molecule has 0 bridgehead atoms. The molecule has 1 heterocycles.